The van der Waals surface area contributed by atoms with Gasteiger partial charge < -0.3 is 9.16 Å². The quantitative estimate of drug-likeness (QED) is 0.547. The molecular weight excluding hydrogens is 390 g/mol. The van der Waals surface area contributed by atoms with E-state index < -0.39 is 8.32 Å². The summed E-state index contributed by atoms with van der Waals surface area (Å²) in [6.45, 7) is 8.78. The van der Waals surface area contributed by atoms with E-state index in [1.54, 1.807) is 0 Å². The van der Waals surface area contributed by atoms with Crippen LogP contribution >= 0.6 is 0 Å². The predicted molar refractivity (Wildman–Crippen MR) is 123 cm³/mol. The van der Waals surface area contributed by atoms with Gasteiger partial charge in [-0.25, -0.2) is 0 Å². The second-order valence-corrected chi connectivity index (χ2v) is 13.9. The van der Waals surface area contributed by atoms with Crippen LogP contribution in [-0.2, 0) is 14.0 Å². The van der Waals surface area contributed by atoms with E-state index in [4.69, 9.17) is 9.16 Å². The van der Waals surface area contributed by atoms with Crippen LogP contribution in [0.5, 0.6) is 0 Å². The number of esters is 1. The van der Waals surface area contributed by atoms with Crippen molar-refractivity contribution in [1.29, 1.82) is 0 Å². The van der Waals surface area contributed by atoms with Gasteiger partial charge in [-0.1, -0.05) is 81.4 Å². The third-order valence-corrected chi connectivity index (χ3v) is 12.0. The van der Waals surface area contributed by atoms with Crippen molar-refractivity contribution in [2.45, 2.75) is 50.8 Å². The van der Waals surface area contributed by atoms with Gasteiger partial charge >= 0.3 is 5.97 Å². The summed E-state index contributed by atoms with van der Waals surface area (Å²) >= 11 is 0. The maximum atomic E-state index is 12.3. The van der Waals surface area contributed by atoms with Crippen molar-refractivity contribution >= 4 is 24.7 Å². The molecule has 4 rings (SSSR count). The molecule has 2 heterocycles. The summed E-state index contributed by atoms with van der Waals surface area (Å²) in [5.41, 5.74) is 0. The molecule has 0 spiro atoms. The number of hydrogen-bond donors (Lipinski definition) is 0. The Morgan fingerprint density at radius 1 is 1.00 bits per heavy atom. The van der Waals surface area contributed by atoms with Crippen LogP contribution in [0.2, 0.25) is 5.04 Å². The van der Waals surface area contributed by atoms with E-state index in [1.165, 1.54) is 17.5 Å². The average Bonchev–Trinajstić information content (AvgIpc) is 3.32. The van der Waals surface area contributed by atoms with Crippen molar-refractivity contribution in [2.75, 3.05) is 20.2 Å². The number of carbonyl (C=O) groups excluding carboxylic acids is 1. The minimum Gasteiger partial charge on any atom is -0.469 e. The highest BCUT2D eigenvalue weighted by Gasteiger charge is 2.54. The normalized spacial score (nSPS) is 24.6. The lowest BCUT2D eigenvalue weighted by atomic mass is 9.98. The summed E-state index contributed by atoms with van der Waals surface area (Å²) < 4.78 is 12.4. The van der Waals surface area contributed by atoms with Gasteiger partial charge in [0.2, 0.25) is 0 Å². The number of nitrogens with zero attached hydrogens (tertiary/aromatic N) is 1. The van der Waals surface area contributed by atoms with Gasteiger partial charge in [-0.05, 0) is 34.8 Å². The number of benzene rings is 2. The smallest absolute Gasteiger partial charge is 0.310 e. The van der Waals surface area contributed by atoms with Crippen LogP contribution in [0.25, 0.3) is 0 Å². The first-order chi connectivity index (χ1) is 14.4. The fourth-order valence-corrected chi connectivity index (χ4v) is 10.2. The van der Waals surface area contributed by atoms with Gasteiger partial charge in [-0.3, -0.25) is 9.69 Å². The first kappa shape index (κ1) is 21.3. The highest BCUT2D eigenvalue weighted by Crippen LogP contribution is 2.41. The molecule has 2 aromatic rings. The van der Waals surface area contributed by atoms with Crippen molar-refractivity contribution < 1.29 is 14.0 Å². The van der Waals surface area contributed by atoms with Crippen molar-refractivity contribution in [1.82, 2.24) is 4.90 Å². The van der Waals surface area contributed by atoms with Crippen LogP contribution in [-0.4, -0.2) is 51.5 Å². The number of hydrogen-bond acceptors (Lipinski definition) is 4. The summed E-state index contributed by atoms with van der Waals surface area (Å²) in [6.07, 6.45) is 1.90. The van der Waals surface area contributed by atoms with Gasteiger partial charge in [0.1, 0.15) is 0 Å². The highest BCUT2D eigenvalue weighted by molar-refractivity contribution is 6.99. The van der Waals surface area contributed by atoms with E-state index in [-0.39, 0.29) is 29.1 Å². The molecule has 160 valence electrons. The molecule has 0 aliphatic carbocycles. The topological polar surface area (TPSA) is 38.8 Å². The zero-order chi connectivity index (χ0) is 21.4. The van der Waals surface area contributed by atoms with E-state index in [9.17, 15) is 4.79 Å². The van der Waals surface area contributed by atoms with Crippen molar-refractivity contribution in [2.24, 2.45) is 5.92 Å². The maximum absolute atomic E-state index is 12.3. The Morgan fingerprint density at radius 2 is 1.57 bits per heavy atom. The Hall–Kier alpha value is -1.95. The molecular formula is C25H33NO3Si. The lowest BCUT2D eigenvalue weighted by Gasteiger charge is -2.44. The van der Waals surface area contributed by atoms with E-state index in [0.29, 0.717) is 0 Å². The molecule has 2 aromatic carbocycles. The van der Waals surface area contributed by atoms with E-state index >= 15 is 0 Å². The average molecular weight is 424 g/mol. The van der Waals surface area contributed by atoms with Crippen molar-refractivity contribution in [3.63, 3.8) is 0 Å². The molecule has 2 fully saturated rings. The Kier molecular flexibility index (Phi) is 5.88. The minimum atomic E-state index is -2.56. The van der Waals surface area contributed by atoms with E-state index in [0.717, 1.165) is 25.9 Å². The monoisotopic (exact) mass is 423 g/mol. The standard InChI is InChI=1S/C25H33NO3Si/c1-25(2,3)30(20-11-7-5-8-12-20,21-13-9-6-10-14-21)29-19-17-23-22(24(27)28-4)15-16-26(23)18-19/h5-14,19,22-23H,15-18H2,1-4H3/t19-,22-,23-/m1/s1. The minimum absolute atomic E-state index is 0.0252. The largest absolute Gasteiger partial charge is 0.469 e. The molecule has 0 radical (unpaired) electrons. The van der Waals surface area contributed by atoms with Gasteiger partial charge in [0.15, 0.2) is 0 Å². The van der Waals surface area contributed by atoms with Crippen LogP contribution in [0.4, 0.5) is 0 Å². The second kappa shape index (κ2) is 8.29. The lowest BCUT2D eigenvalue weighted by molar-refractivity contribution is -0.146. The molecule has 2 aliphatic rings. The molecule has 3 atom stereocenters. The van der Waals surface area contributed by atoms with Gasteiger partial charge in [0, 0.05) is 12.6 Å². The van der Waals surface area contributed by atoms with E-state index in [2.05, 4.69) is 86.3 Å². The number of ether oxygens (including phenoxy) is 1. The fourth-order valence-electron chi connectivity index (χ4n) is 5.52. The van der Waals surface area contributed by atoms with Gasteiger partial charge in [0.25, 0.3) is 8.32 Å². The molecule has 5 heteroatoms. The summed E-state index contributed by atoms with van der Waals surface area (Å²) in [4.78, 5) is 14.7. The molecule has 0 saturated carbocycles. The Bertz CT molecular complexity index is 825. The number of carbonyl (C=O) groups is 1. The molecule has 2 aliphatic heterocycles. The number of fused-ring (bicyclic) bond motifs is 1. The van der Waals surface area contributed by atoms with Crippen LogP contribution in [0.15, 0.2) is 60.7 Å². The Labute approximate surface area is 181 Å². The Morgan fingerprint density at radius 3 is 2.07 bits per heavy atom. The second-order valence-electron chi connectivity index (χ2n) is 9.62. The molecule has 0 N–H and O–H groups in total. The first-order valence-electron chi connectivity index (χ1n) is 11.0. The summed E-state index contributed by atoms with van der Waals surface area (Å²) in [5.74, 6) is -0.101. The number of methoxy groups -OCH3 is 1. The number of rotatable bonds is 5. The molecule has 0 aromatic heterocycles. The molecule has 0 bridgehead atoms. The first-order valence-corrected chi connectivity index (χ1v) is 12.9. The van der Waals surface area contributed by atoms with Gasteiger partial charge in [-0.2, -0.15) is 0 Å². The fraction of sp³-hybridized carbons (Fsp3) is 0.480. The maximum Gasteiger partial charge on any atom is 0.310 e. The summed E-state index contributed by atoms with van der Waals surface area (Å²) in [5, 5.41) is 2.57. The zero-order valence-electron chi connectivity index (χ0n) is 18.5. The third-order valence-electron chi connectivity index (χ3n) is 6.87. The lowest BCUT2D eigenvalue weighted by Crippen LogP contribution is -2.67. The SMILES string of the molecule is COC(=O)[C@@H]1CCN2C[C@H](O[Si](c3ccccc3)(c3ccccc3)C(C)(C)C)C[C@H]12. The predicted octanol–water partition coefficient (Wildman–Crippen LogP) is 3.20. The van der Waals surface area contributed by atoms with Gasteiger partial charge in [0.05, 0.1) is 19.1 Å². The molecule has 0 unspecified atom stereocenters. The summed E-state index contributed by atoms with van der Waals surface area (Å²) in [6, 6.07) is 21.8. The molecule has 0 amide bonds. The van der Waals surface area contributed by atoms with Crippen LogP contribution in [0.3, 0.4) is 0 Å². The van der Waals surface area contributed by atoms with Crippen molar-refractivity contribution in [3.8, 4) is 0 Å². The Balaban J connectivity index is 1.71. The summed E-state index contributed by atoms with van der Waals surface area (Å²) in [7, 11) is -1.07. The third kappa shape index (κ3) is 3.64. The molecule has 30 heavy (non-hydrogen) atoms. The zero-order valence-corrected chi connectivity index (χ0v) is 19.5. The molecule has 2 saturated heterocycles. The van der Waals surface area contributed by atoms with Crippen LogP contribution < -0.4 is 10.4 Å². The van der Waals surface area contributed by atoms with Crippen LogP contribution in [0, 0.1) is 5.92 Å². The molecule has 4 nitrogen and oxygen atoms in total. The van der Waals surface area contributed by atoms with Crippen molar-refractivity contribution in [3.05, 3.63) is 60.7 Å². The van der Waals surface area contributed by atoms with E-state index in [1.807, 2.05) is 0 Å². The highest BCUT2D eigenvalue weighted by atomic mass is 28.4. The van der Waals surface area contributed by atoms with Crippen LogP contribution in [0.1, 0.15) is 33.6 Å². The van der Waals surface area contributed by atoms with Gasteiger partial charge in [-0.15, -0.1) is 0 Å².